The van der Waals surface area contributed by atoms with Gasteiger partial charge in [-0.2, -0.15) is 4.58 Å². The molecule has 1 atom stereocenters. The van der Waals surface area contributed by atoms with Gasteiger partial charge in [-0.15, -0.1) is 0 Å². The Morgan fingerprint density at radius 1 is 0.810 bits per heavy atom. The summed E-state index contributed by atoms with van der Waals surface area (Å²) in [4.78, 5) is 41.5. The molecule has 79 heavy (non-hydrogen) atoms. The van der Waals surface area contributed by atoms with Crippen LogP contribution in [0.4, 0.5) is 11.4 Å². The summed E-state index contributed by atoms with van der Waals surface area (Å²) in [7, 11) is -3.03. The average Bonchev–Trinajstić information content (AvgIpc) is 4.00. The van der Waals surface area contributed by atoms with Gasteiger partial charge in [0.1, 0.15) is 28.0 Å². The number of allylic oxidation sites excluding steroid dienone is 8. The Balaban J connectivity index is 0.808. The van der Waals surface area contributed by atoms with E-state index in [1.807, 2.05) is 49.4 Å². The van der Waals surface area contributed by atoms with Gasteiger partial charge >= 0.3 is 0 Å². The van der Waals surface area contributed by atoms with E-state index < -0.39 is 27.0 Å². The lowest BCUT2D eigenvalue weighted by Crippen LogP contribution is -2.38. The normalized spacial score (nSPS) is 16.3. The Labute approximate surface area is 466 Å². The second-order valence-electron chi connectivity index (χ2n) is 21.2. The predicted octanol–water partition coefficient (Wildman–Crippen LogP) is 10.5. The zero-order valence-corrected chi connectivity index (χ0v) is 48.0. The van der Waals surface area contributed by atoms with E-state index in [1.54, 1.807) is 49.5 Å². The number of para-hydroxylation sites is 1. The average molecular weight is 1100 g/mol. The highest BCUT2D eigenvalue weighted by Gasteiger charge is 2.44. The third-order valence-electron chi connectivity index (χ3n) is 15.4. The third-order valence-corrected chi connectivity index (χ3v) is 16.2. The standard InChI is InChI=1S/C64H78N4O10S/c1-9-46-23-22-28-55-58(46)60(70)59(61(71)66(55)8)62(72)68(47-24-16-14-17-25-47)36-38-77-40-42-78-41-39-76-37-35-65-57(69)30-21-15-18-26-49-50-33-32-48(79(73,74)75)44-52(50)63(4,5)51(49)27-19-12-11-13-20-29-56-64(6,7)53-43-45(3)31-34-54(53)67(56)10-2/h11-14,16-17,19-20,22-25,27-29,31-34,43-44,49H,9-10,15,18,21,26,30,35-42H2,1-8H3,(H2-,65,69,70,71,72,73,74,75)/b13-11+,19-12+,29-20+,51-27-. The van der Waals surface area contributed by atoms with Crippen molar-refractivity contribution in [2.45, 2.75) is 109 Å². The maximum Gasteiger partial charge on any atom is 0.267 e. The molecule has 0 bridgehead atoms. The van der Waals surface area contributed by atoms with Crippen molar-refractivity contribution in [2.75, 3.05) is 64.2 Å². The first-order chi connectivity index (χ1) is 37.8. The number of carbonyl (C=O) groups is 2. The number of nitrogens with zero attached hydrogens (tertiary/aromatic N) is 3. The first-order valence-electron chi connectivity index (χ1n) is 27.6. The number of amides is 2. The van der Waals surface area contributed by atoms with Crippen LogP contribution in [-0.4, -0.2) is 104 Å². The monoisotopic (exact) mass is 1090 g/mol. The molecule has 0 saturated carbocycles. The van der Waals surface area contributed by atoms with Crippen LogP contribution >= 0.6 is 0 Å². The van der Waals surface area contributed by atoms with Gasteiger partial charge in [-0.1, -0.05) is 124 Å². The van der Waals surface area contributed by atoms with Crippen molar-refractivity contribution < 1.29 is 46.5 Å². The Morgan fingerprint density at radius 3 is 2.22 bits per heavy atom. The van der Waals surface area contributed by atoms with Gasteiger partial charge in [-0.25, -0.2) is 8.42 Å². The number of aromatic nitrogens is 1. The van der Waals surface area contributed by atoms with Crippen molar-refractivity contribution >= 4 is 49.9 Å². The van der Waals surface area contributed by atoms with Crippen LogP contribution < -0.4 is 15.8 Å². The minimum Gasteiger partial charge on any atom is -0.744 e. The van der Waals surface area contributed by atoms with Crippen LogP contribution in [0, 0.1) is 6.92 Å². The molecular formula is C64H78N4O10S. The van der Waals surface area contributed by atoms with Crippen LogP contribution in [0.5, 0.6) is 5.75 Å². The fraction of sp³-hybridized carbons (Fsp3) is 0.406. The lowest BCUT2D eigenvalue weighted by Gasteiger charge is -2.24. The van der Waals surface area contributed by atoms with Gasteiger partial charge in [0.05, 0.1) is 55.5 Å². The molecule has 4 aromatic carbocycles. The van der Waals surface area contributed by atoms with Crippen LogP contribution in [0.25, 0.3) is 10.9 Å². The van der Waals surface area contributed by atoms with Crippen molar-refractivity contribution in [2.24, 2.45) is 7.05 Å². The molecule has 2 aliphatic rings. The summed E-state index contributed by atoms with van der Waals surface area (Å²) in [5, 5.41) is 14.8. The van der Waals surface area contributed by atoms with Gasteiger partial charge < -0.3 is 38.7 Å². The number of carbonyl (C=O) groups excluding carboxylic acids is 2. The molecule has 2 N–H and O–H groups in total. The lowest BCUT2D eigenvalue weighted by atomic mass is 9.80. The molecule has 0 spiro atoms. The number of hydrogen-bond acceptors (Lipinski definition) is 10. The van der Waals surface area contributed by atoms with E-state index in [2.05, 4.69) is 87.9 Å². The van der Waals surface area contributed by atoms with Crippen LogP contribution in [0.2, 0.25) is 0 Å². The van der Waals surface area contributed by atoms with Gasteiger partial charge in [0, 0.05) is 66.7 Å². The zero-order chi connectivity index (χ0) is 56.9. The fourth-order valence-electron chi connectivity index (χ4n) is 11.1. The minimum atomic E-state index is -4.63. The molecule has 420 valence electrons. The number of fused-ring (bicyclic) bond motifs is 3. The summed E-state index contributed by atoms with van der Waals surface area (Å²) >= 11 is 0. The third kappa shape index (κ3) is 14.0. The smallest absolute Gasteiger partial charge is 0.267 e. The molecule has 2 amide bonds. The highest BCUT2D eigenvalue weighted by molar-refractivity contribution is 7.85. The quantitative estimate of drug-likeness (QED) is 0.0222. The van der Waals surface area contributed by atoms with Gasteiger partial charge in [-0.05, 0) is 100 Å². The van der Waals surface area contributed by atoms with Crippen molar-refractivity contribution in [3.8, 4) is 5.75 Å². The maximum atomic E-state index is 14.1. The van der Waals surface area contributed by atoms with Crippen LogP contribution in [0.3, 0.4) is 0 Å². The van der Waals surface area contributed by atoms with E-state index in [9.17, 15) is 32.5 Å². The first-order valence-corrected chi connectivity index (χ1v) is 29.0. The topological polar surface area (TPSA) is 180 Å². The minimum absolute atomic E-state index is 0.0239. The van der Waals surface area contributed by atoms with E-state index >= 15 is 0 Å². The summed E-state index contributed by atoms with van der Waals surface area (Å²) in [6, 6.07) is 25.9. The fourth-order valence-corrected chi connectivity index (χ4v) is 11.6. The number of unbranched alkanes of at least 4 members (excludes halogenated alkanes) is 2. The Bertz CT molecular complexity index is 3330. The zero-order valence-electron chi connectivity index (χ0n) is 47.2. The van der Waals surface area contributed by atoms with Gasteiger partial charge in [0.25, 0.3) is 11.5 Å². The number of nitrogens with one attached hydrogen (secondary N) is 1. The number of ether oxygens (including phenoxy) is 3. The van der Waals surface area contributed by atoms with Crippen LogP contribution in [0.15, 0.2) is 143 Å². The largest absolute Gasteiger partial charge is 0.744 e. The van der Waals surface area contributed by atoms with Crippen LogP contribution in [0.1, 0.15) is 118 Å². The molecule has 1 aliphatic carbocycles. The molecule has 0 radical (unpaired) electrons. The first kappa shape index (κ1) is 59.9. The predicted molar refractivity (Wildman–Crippen MR) is 312 cm³/mol. The summed E-state index contributed by atoms with van der Waals surface area (Å²) in [5.41, 5.74) is 8.58. The van der Waals surface area contributed by atoms with Crippen molar-refractivity contribution in [3.63, 3.8) is 0 Å². The molecule has 7 rings (SSSR count). The molecule has 1 aliphatic heterocycles. The van der Waals surface area contributed by atoms with Crippen molar-refractivity contribution in [1.29, 1.82) is 0 Å². The summed E-state index contributed by atoms with van der Waals surface area (Å²) < 4.78 is 57.2. The SMILES string of the molecule is CCc1cccc2c1c(O)c(C(=O)N(CCOCCOCCOCCNC(=O)CCCCCC1/C(=C/C=C/C=C/C=C/C3=[N+](CC)c4ccc(C)cc4C3(C)C)C(C)(C)c3cc(S(=O)(=O)[O-])ccc31)c1ccccc1)c(=O)n2C. The van der Waals surface area contributed by atoms with Gasteiger partial charge in [0.15, 0.2) is 5.71 Å². The molecule has 0 saturated heterocycles. The summed E-state index contributed by atoms with van der Waals surface area (Å²) in [6.07, 6.45) is 18.7. The maximum absolute atomic E-state index is 14.1. The van der Waals surface area contributed by atoms with E-state index in [0.717, 1.165) is 48.1 Å². The highest BCUT2D eigenvalue weighted by atomic mass is 32.2. The van der Waals surface area contributed by atoms with Gasteiger partial charge in [-0.3, -0.25) is 14.4 Å². The molecular weight excluding hydrogens is 1020 g/mol. The van der Waals surface area contributed by atoms with Crippen molar-refractivity contribution in [1.82, 2.24) is 9.88 Å². The number of pyridine rings is 1. The molecule has 14 nitrogen and oxygen atoms in total. The molecule has 1 unspecified atom stereocenters. The number of benzene rings is 4. The van der Waals surface area contributed by atoms with Crippen molar-refractivity contribution in [3.05, 3.63) is 177 Å². The summed E-state index contributed by atoms with van der Waals surface area (Å²) in [6.45, 7) is 18.0. The van der Waals surface area contributed by atoms with E-state index in [0.29, 0.717) is 68.8 Å². The van der Waals surface area contributed by atoms with E-state index in [-0.39, 0.29) is 53.2 Å². The van der Waals surface area contributed by atoms with E-state index in [4.69, 9.17) is 14.2 Å². The molecule has 5 aromatic rings. The molecule has 15 heteroatoms. The van der Waals surface area contributed by atoms with Gasteiger partial charge in [0.2, 0.25) is 11.6 Å². The number of hydrogen-bond donors (Lipinski definition) is 2. The molecule has 1 aromatic heterocycles. The number of aromatic hydroxyl groups is 1. The Morgan fingerprint density at radius 2 is 1.51 bits per heavy atom. The lowest BCUT2D eigenvalue weighted by molar-refractivity contribution is -0.433. The van der Waals surface area contributed by atoms with E-state index in [1.165, 1.54) is 38.1 Å². The summed E-state index contributed by atoms with van der Waals surface area (Å²) in [5.74, 6) is -0.964. The second kappa shape index (κ2) is 26.9. The molecule has 2 heterocycles. The number of aryl methyl sites for hydroxylation is 3. The van der Waals surface area contributed by atoms with Crippen LogP contribution in [-0.2, 0) is 53.4 Å². The Kier molecular flexibility index (Phi) is 20.4. The highest BCUT2D eigenvalue weighted by Crippen LogP contribution is 2.52. The molecule has 0 fully saturated rings. The number of rotatable bonds is 27. The Hall–Kier alpha value is -6.75. The number of anilines is 1. The second-order valence-corrected chi connectivity index (χ2v) is 22.6.